The summed E-state index contributed by atoms with van der Waals surface area (Å²) in [4.78, 5) is 22.8. The molecule has 0 aliphatic carbocycles. The number of fused-ring (bicyclic) bond motifs is 1. The van der Waals surface area contributed by atoms with Gasteiger partial charge in [0.2, 0.25) is 0 Å². The number of nitrogens with zero attached hydrogens (tertiary/aromatic N) is 2. The Hall–Kier alpha value is -2.04. The van der Waals surface area contributed by atoms with E-state index in [1.54, 1.807) is 18.2 Å². The van der Waals surface area contributed by atoms with Crippen molar-refractivity contribution in [2.45, 2.75) is 18.8 Å². The van der Waals surface area contributed by atoms with Gasteiger partial charge in [0, 0.05) is 24.6 Å². The molecule has 6 heteroatoms. The van der Waals surface area contributed by atoms with Gasteiger partial charge in [-0.15, -0.1) is 0 Å². The number of rotatable bonds is 2. The number of halogens is 2. The van der Waals surface area contributed by atoms with Crippen LogP contribution in [0.25, 0.3) is 11.0 Å². The van der Waals surface area contributed by atoms with Crippen molar-refractivity contribution in [2.75, 3.05) is 13.1 Å². The number of carbonyl (C=O) groups is 1. The van der Waals surface area contributed by atoms with Crippen molar-refractivity contribution < 1.29 is 4.79 Å². The fourth-order valence-electron chi connectivity index (χ4n) is 3.36. The van der Waals surface area contributed by atoms with Gasteiger partial charge in [0.15, 0.2) is 0 Å². The molecule has 1 aliphatic heterocycles. The van der Waals surface area contributed by atoms with Crippen LogP contribution in [0.5, 0.6) is 0 Å². The molecule has 4 rings (SSSR count). The fourth-order valence-corrected chi connectivity index (χ4v) is 3.66. The fraction of sp³-hybridized carbons (Fsp3) is 0.263. The van der Waals surface area contributed by atoms with Crippen molar-refractivity contribution in [2.24, 2.45) is 0 Å². The van der Waals surface area contributed by atoms with Gasteiger partial charge in [-0.1, -0.05) is 35.3 Å². The highest BCUT2D eigenvalue weighted by atomic mass is 35.5. The van der Waals surface area contributed by atoms with E-state index < -0.39 is 0 Å². The minimum absolute atomic E-state index is 0.0145. The molecule has 3 aromatic rings. The van der Waals surface area contributed by atoms with Gasteiger partial charge in [0.25, 0.3) is 5.91 Å². The summed E-state index contributed by atoms with van der Waals surface area (Å²) in [6.07, 6.45) is 1.97. The molecule has 4 nitrogen and oxygen atoms in total. The Morgan fingerprint density at radius 2 is 2.00 bits per heavy atom. The van der Waals surface area contributed by atoms with Crippen molar-refractivity contribution in [3.8, 4) is 0 Å². The normalized spacial score (nSPS) is 17.8. The summed E-state index contributed by atoms with van der Waals surface area (Å²) in [6.45, 7) is 1.40. The number of aromatic nitrogens is 2. The van der Waals surface area contributed by atoms with Gasteiger partial charge in [-0.2, -0.15) is 0 Å². The number of likely N-dealkylation sites (tertiary alicyclic amines) is 1. The number of benzene rings is 2. The molecule has 25 heavy (non-hydrogen) atoms. The molecule has 1 N–H and O–H groups in total. The van der Waals surface area contributed by atoms with Gasteiger partial charge in [0.1, 0.15) is 5.82 Å². The predicted octanol–water partition coefficient (Wildman–Crippen LogP) is 4.89. The van der Waals surface area contributed by atoms with Gasteiger partial charge in [-0.3, -0.25) is 4.79 Å². The zero-order valence-corrected chi connectivity index (χ0v) is 15.0. The minimum atomic E-state index is -0.0145. The smallest absolute Gasteiger partial charge is 0.253 e. The number of H-pyrrole nitrogens is 1. The standard InChI is InChI=1S/C19H17Cl2N3O/c20-14-8-7-12(10-15(14)21)19(25)24-9-3-4-13(11-24)18-22-16-5-1-2-6-17(16)23-18/h1-2,5-8,10,13H,3-4,9,11H2,(H,22,23)/t13-/m1/s1. The molecule has 1 atom stereocenters. The van der Waals surface area contributed by atoms with Crippen molar-refractivity contribution in [3.63, 3.8) is 0 Å². The van der Waals surface area contributed by atoms with Crippen molar-refractivity contribution in [1.29, 1.82) is 0 Å². The average molecular weight is 374 g/mol. The first-order valence-electron chi connectivity index (χ1n) is 8.31. The van der Waals surface area contributed by atoms with Crippen LogP contribution in [-0.2, 0) is 0 Å². The highest BCUT2D eigenvalue weighted by Crippen LogP contribution is 2.29. The zero-order chi connectivity index (χ0) is 17.4. The molecule has 1 saturated heterocycles. The summed E-state index contributed by atoms with van der Waals surface area (Å²) in [6, 6.07) is 13.0. The van der Waals surface area contributed by atoms with E-state index in [1.165, 1.54) is 0 Å². The number of hydrogen-bond acceptors (Lipinski definition) is 2. The molecule has 2 heterocycles. The third kappa shape index (κ3) is 3.24. The van der Waals surface area contributed by atoms with E-state index in [9.17, 15) is 4.79 Å². The number of piperidine rings is 1. The number of carbonyl (C=O) groups excluding carboxylic acids is 1. The lowest BCUT2D eigenvalue weighted by molar-refractivity contribution is 0.0705. The Balaban J connectivity index is 1.55. The van der Waals surface area contributed by atoms with Crippen LogP contribution in [0.1, 0.15) is 34.9 Å². The first kappa shape index (κ1) is 16.4. The van der Waals surface area contributed by atoms with E-state index in [-0.39, 0.29) is 11.8 Å². The summed E-state index contributed by atoms with van der Waals surface area (Å²) in [5.74, 6) is 1.15. The van der Waals surface area contributed by atoms with E-state index in [1.807, 2.05) is 29.2 Å². The van der Waals surface area contributed by atoms with E-state index in [4.69, 9.17) is 28.2 Å². The molecule has 1 aromatic heterocycles. The van der Waals surface area contributed by atoms with Crippen molar-refractivity contribution in [1.82, 2.24) is 14.9 Å². The maximum atomic E-state index is 12.8. The van der Waals surface area contributed by atoms with Crippen LogP contribution in [0.15, 0.2) is 42.5 Å². The van der Waals surface area contributed by atoms with Crippen LogP contribution >= 0.6 is 23.2 Å². The van der Waals surface area contributed by atoms with E-state index in [0.717, 1.165) is 36.2 Å². The van der Waals surface area contributed by atoms with Gasteiger partial charge < -0.3 is 9.88 Å². The topological polar surface area (TPSA) is 49.0 Å². The Labute approximate surface area is 155 Å². The van der Waals surface area contributed by atoms with Crippen LogP contribution in [0.4, 0.5) is 0 Å². The summed E-state index contributed by atoms with van der Waals surface area (Å²) >= 11 is 12.0. The minimum Gasteiger partial charge on any atom is -0.342 e. The summed E-state index contributed by atoms with van der Waals surface area (Å²) < 4.78 is 0. The second kappa shape index (κ2) is 6.70. The zero-order valence-electron chi connectivity index (χ0n) is 13.5. The van der Waals surface area contributed by atoms with Crippen LogP contribution < -0.4 is 0 Å². The van der Waals surface area contributed by atoms with Crippen LogP contribution in [-0.4, -0.2) is 33.9 Å². The monoisotopic (exact) mass is 373 g/mol. The summed E-state index contributed by atoms with van der Waals surface area (Å²) in [7, 11) is 0. The number of para-hydroxylation sites is 2. The lowest BCUT2D eigenvalue weighted by Gasteiger charge is -2.32. The Morgan fingerprint density at radius 3 is 2.80 bits per heavy atom. The molecule has 0 radical (unpaired) electrons. The van der Waals surface area contributed by atoms with Crippen molar-refractivity contribution >= 4 is 40.1 Å². The molecular formula is C19H17Cl2N3O. The first-order valence-corrected chi connectivity index (χ1v) is 9.06. The Kier molecular flexibility index (Phi) is 4.40. The number of aromatic amines is 1. The van der Waals surface area contributed by atoms with E-state index in [2.05, 4.69) is 4.98 Å². The summed E-state index contributed by atoms with van der Waals surface area (Å²) in [5, 5.41) is 0.857. The quantitative estimate of drug-likeness (QED) is 0.694. The summed E-state index contributed by atoms with van der Waals surface area (Å²) in [5.41, 5.74) is 2.57. The molecule has 1 fully saturated rings. The molecule has 0 saturated carbocycles. The number of hydrogen-bond donors (Lipinski definition) is 1. The van der Waals surface area contributed by atoms with Gasteiger partial charge in [-0.25, -0.2) is 4.98 Å². The molecule has 0 unspecified atom stereocenters. The second-order valence-corrected chi connectivity index (χ2v) is 7.17. The lowest BCUT2D eigenvalue weighted by Crippen LogP contribution is -2.39. The molecule has 0 bridgehead atoms. The van der Waals surface area contributed by atoms with Crippen molar-refractivity contribution in [3.05, 3.63) is 63.9 Å². The highest BCUT2D eigenvalue weighted by molar-refractivity contribution is 6.42. The third-order valence-corrected chi connectivity index (χ3v) is 5.41. The van der Waals surface area contributed by atoms with E-state index in [0.29, 0.717) is 22.2 Å². The predicted molar refractivity (Wildman–Crippen MR) is 100 cm³/mol. The average Bonchev–Trinajstić information content (AvgIpc) is 3.08. The van der Waals surface area contributed by atoms with Crippen LogP contribution in [0.2, 0.25) is 10.0 Å². The van der Waals surface area contributed by atoms with E-state index >= 15 is 0 Å². The lowest BCUT2D eigenvalue weighted by atomic mass is 9.96. The van der Waals surface area contributed by atoms with Gasteiger partial charge in [0.05, 0.1) is 21.1 Å². The molecular weight excluding hydrogens is 357 g/mol. The molecule has 0 spiro atoms. The maximum Gasteiger partial charge on any atom is 0.253 e. The second-order valence-electron chi connectivity index (χ2n) is 6.36. The van der Waals surface area contributed by atoms with Crippen LogP contribution in [0.3, 0.4) is 0 Å². The largest absolute Gasteiger partial charge is 0.342 e. The molecule has 128 valence electrons. The number of nitrogens with one attached hydrogen (secondary N) is 1. The highest BCUT2D eigenvalue weighted by Gasteiger charge is 2.27. The number of amides is 1. The Morgan fingerprint density at radius 1 is 1.16 bits per heavy atom. The van der Waals surface area contributed by atoms with Crippen LogP contribution in [0, 0.1) is 0 Å². The molecule has 2 aromatic carbocycles. The Bertz CT molecular complexity index is 904. The third-order valence-electron chi connectivity index (χ3n) is 4.67. The molecule has 1 aliphatic rings. The SMILES string of the molecule is O=C(c1ccc(Cl)c(Cl)c1)N1CCC[C@@H](c2nc3ccccc3[nH]2)C1. The molecule has 1 amide bonds. The first-order chi connectivity index (χ1) is 12.1. The number of imidazole rings is 1. The maximum absolute atomic E-state index is 12.8. The van der Waals surface area contributed by atoms with Gasteiger partial charge >= 0.3 is 0 Å². The van der Waals surface area contributed by atoms with Gasteiger partial charge in [-0.05, 0) is 43.2 Å².